The highest BCUT2D eigenvalue weighted by Gasteiger charge is 2.36. The van der Waals surface area contributed by atoms with Gasteiger partial charge in [0.2, 0.25) is 0 Å². The second-order valence-electron chi connectivity index (χ2n) is 7.19. The Bertz CT molecular complexity index is 1130. The third kappa shape index (κ3) is 3.72. The van der Waals surface area contributed by atoms with Crippen molar-refractivity contribution in [3.8, 4) is 0 Å². The summed E-state index contributed by atoms with van der Waals surface area (Å²) in [6.07, 6.45) is 0. The number of benzene rings is 3. The third-order valence-electron chi connectivity index (χ3n) is 5.13. The van der Waals surface area contributed by atoms with E-state index < -0.39 is 5.91 Å². The summed E-state index contributed by atoms with van der Waals surface area (Å²) in [6, 6.07) is 19.3. The lowest BCUT2D eigenvalue weighted by atomic mass is 10.0. The van der Waals surface area contributed by atoms with Gasteiger partial charge < -0.3 is 5.32 Å². The highest BCUT2D eigenvalue weighted by Crippen LogP contribution is 2.26. The highest BCUT2D eigenvalue weighted by atomic mass is 19.1. The van der Waals surface area contributed by atoms with Gasteiger partial charge in [0.15, 0.2) is 0 Å². The van der Waals surface area contributed by atoms with Gasteiger partial charge in [-0.3, -0.25) is 19.3 Å². The smallest absolute Gasteiger partial charge is 0.261 e. The Morgan fingerprint density at radius 3 is 2.30 bits per heavy atom. The molecule has 3 aromatic carbocycles. The van der Waals surface area contributed by atoms with Gasteiger partial charge in [0.05, 0.1) is 23.7 Å². The van der Waals surface area contributed by atoms with Gasteiger partial charge in [-0.25, -0.2) is 4.39 Å². The lowest BCUT2D eigenvalue weighted by molar-refractivity contribution is 0.0642. The molecule has 0 aliphatic carbocycles. The summed E-state index contributed by atoms with van der Waals surface area (Å²) in [5.74, 6) is -1.51. The molecule has 0 spiro atoms. The predicted octanol–water partition coefficient (Wildman–Crippen LogP) is 4.11. The minimum atomic E-state index is -0.417. The molecule has 150 valence electrons. The molecule has 5 nitrogen and oxygen atoms in total. The summed E-state index contributed by atoms with van der Waals surface area (Å²) < 4.78 is 13.1. The maximum Gasteiger partial charge on any atom is 0.261 e. The van der Waals surface area contributed by atoms with Gasteiger partial charge in [0.25, 0.3) is 17.7 Å². The molecule has 4 rings (SSSR count). The van der Waals surface area contributed by atoms with Crippen molar-refractivity contribution in [1.82, 2.24) is 10.2 Å². The number of hydrogen-bond acceptors (Lipinski definition) is 3. The van der Waals surface area contributed by atoms with Crippen LogP contribution in [0, 0.1) is 5.82 Å². The van der Waals surface area contributed by atoms with E-state index in [1.54, 1.807) is 19.1 Å². The second kappa shape index (κ2) is 7.91. The first-order chi connectivity index (χ1) is 14.4. The molecular weight excluding hydrogens is 383 g/mol. The van der Waals surface area contributed by atoms with Crippen LogP contribution in [-0.4, -0.2) is 22.6 Å². The lowest BCUT2D eigenvalue weighted by Gasteiger charge is -2.14. The van der Waals surface area contributed by atoms with Gasteiger partial charge in [-0.1, -0.05) is 42.5 Å². The fourth-order valence-corrected chi connectivity index (χ4v) is 3.46. The van der Waals surface area contributed by atoms with Crippen molar-refractivity contribution in [3.05, 3.63) is 106 Å². The average molecular weight is 402 g/mol. The minimum absolute atomic E-state index is 0.177. The largest absolute Gasteiger partial charge is 0.346 e. The zero-order valence-electron chi connectivity index (χ0n) is 16.3. The van der Waals surface area contributed by atoms with Crippen molar-refractivity contribution >= 4 is 17.7 Å². The van der Waals surface area contributed by atoms with Crippen LogP contribution in [0.4, 0.5) is 4.39 Å². The molecule has 1 aliphatic rings. The van der Waals surface area contributed by atoms with Crippen molar-refractivity contribution in [2.75, 3.05) is 0 Å². The van der Waals surface area contributed by atoms with Gasteiger partial charge in [0.1, 0.15) is 5.82 Å². The monoisotopic (exact) mass is 402 g/mol. The molecular formula is C24H19FN2O3. The highest BCUT2D eigenvalue weighted by molar-refractivity contribution is 6.22. The Kier molecular flexibility index (Phi) is 5.14. The first kappa shape index (κ1) is 19.5. The molecule has 1 N–H and O–H groups in total. The molecule has 0 unspecified atom stereocenters. The molecule has 3 amide bonds. The van der Waals surface area contributed by atoms with E-state index in [9.17, 15) is 18.8 Å². The second-order valence-corrected chi connectivity index (χ2v) is 7.19. The molecule has 0 fully saturated rings. The first-order valence-electron chi connectivity index (χ1n) is 9.54. The molecule has 3 aromatic rings. The van der Waals surface area contributed by atoms with Crippen molar-refractivity contribution in [3.63, 3.8) is 0 Å². The van der Waals surface area contributed by atoms with E-state index in [1.165, 1.54) is 35.2 Å². The van der Waals surface area contributed by atoms with Crippen LogP contribution in [0.25, 0.3) is 0 Å². The number of carbonyl (C=O) groups is 3. The molecule has 1 heterocycles. The van der Waals surface area contributed by atoms with Crippen LogP contribution in [0.2, 0.25) is 0 Å². The van der Waals surface area contributed by atoms with Crippen molar-refractivity contribution < 1.29 is 18.8 Å². The predicted molar refractivity (Wildman–Crippen MR) is 109 cm³/mol. The van der Waals surface area contributed by atoms with Crippen molar-refractivity contribution in [2.24, 2.45) is 0 Å². The van der Waals surface area contributed by atoms with Crippen LogP contribution in [-0.2, 0) is 6.54 Å². The Balaban J connectivity index is 1.52. The molecule has 0 radical (unpaired) electrons. The number of hydrogen-bond donors (Lipinski definition) is 1. The van der Waals surface area contributed by atoms with Gasteiger partial charge in [0, 0.05) is 5.56 Å². The SMILES string of the molecule is C[C@H](NC(=O)c1ccc2c(c1)C(=O)N(Cc1ccccc1)C2=O)c1ccc(F)cc1. The maximum atomic E-state index is 13.1. The first-order valence-corrected chi connectivity index (χ1v) is 9.54. The molecule has 1 aliphatic heterocycles. The normalized spacial score (nSPS) is 13.9. The lowest BCUT2D eigenvalue weighted by Crippen LogP contribution is -2.29. The summed E-state index contributed by atoms with van der Waals surface area (Å²) in [7, 11) is 0. The van der Waals surface area contributed by atoms with Crippen LogP contribution in [0.5, 0.6) is 0 Å². The van der Waals surface area contributed by atoms with Crippen molar-refractivity contribution in [2.45, 2.75) is 19.5 Å². The van der Waals surface area contributed by atoms with E-state index in [-0.39, 0.29) is 41.3 Å². The quantitative estimate of drug-likeness (QED) is 0.653. The van der Waals surface area contributed by atoms with E-state index in [0.717, 1.165) is 11.1 Å². The van der Waals surface area contributed by atoms with E-state index in [0.29, 0.717) is 5.56 Å². The van der Waals surface area contributed by atoms with E-state index in [4.69, 9.17) is 0 Å². The molecule has 0 saturated heterocycles. The Hall–Kier alpha value is -3.80. The van der Waals surface area contributed by atoms with Crippen LogP contribution in [0.15, 0.2) is 72.8 Å². The number of nitrogens with zero attached hydrogens (tertiary/aromatic N) is 1. The van der Waals surface area contributed by atoms with Crippen LogP contribution >= 0.6 is 0 Å². The summed E-state index contributed by atoms with van der Waals surface area (Å²) in [5.41, 5.74) is 2.40. The van der Waals surface area contributed by atoms with Crippen LogP contribution < -0.4 is 5.32 Å². The summed E-state index contributed by atoms with van der Waals surface area (Å²) in [4.78, 5) is 39.3. The number of rotatable bonds is 5. The summed E-state index contributed by atoms with van der Waals surface area (Å²) >= 11 is 0. The van der Waals surface area contributed by atoms with Gasteiger partial charge in [-0.2, -0.15) is 0 Å². The topological polar surface area (TPSA) is 66.5 Å². The molecule has 6 heteroatoms. The number of amides is 3. The Labute approximate surface area is 173 Å². The maximum absolute atomic E-state index is 13.1. The van der Waals surface area contributed by atoms with Gasteiger partial charge in [-0.15, -0.1) is 0 Å². The number of carbonyl (C=O) groups excluding carboxylic acids is 3. The number of fused-ring (bicyclic) bond motifs is 1. The van der Waals surface area contributed by atoms with Crippen LogP contribution in [0.1, 0.15) is 55.2 Å². The number of nitrogens with one attached hydrogen (secondary N) is 1. The molecule has 0 saturated carbocycles. The molecule has 30 heavy (non-hydrogen) atoms. The molecule has 0 bridgehead atoms. The van der Waals surface area contributed by atoms with Gasteiger partial charge >= 0.3 is 0 Å². The number of imide groups is 1. The zero-order chi connectivity index (χ0) is 21.3. The minimum Gasteiger partial charge on any atom is -0.346 e. The zero-order valence-corrected chi connectivity index (χ0v) is 16.3. The van der Waals surface area contributed by atoms with E-state index >= 15 is 0 Å². The summed E-state index contributed by atoms with van der Waals surface area (Å²) in [5, 5.41) is 2.83. The van der Waals surface area contributed by atoms with E-state index in [1.807, 2.05) is 30.3 Å². The van der Waals surface area contributed by atoms with E-state index in [2.05, 4.69) is 5.32 Å². The average Bonchev–Trinajstić information content (AvgIpc) is 2.99. The van der Waals surface area contributed by atoms with Gasteiger partial charge in [-0.05, 0) is 48.4 Å². The molecule has 1 atom stereocenters. The fraction of sp³-hybridized carbons (Fsp3) is 0.125. The fourth-order valence-electron chi connectivity index (χ4n) is 3.46. The van der Waals surface area contributed by atoms with Crippen LogP contribution in [0.3, 0.4) is 0 Å². The standard InChI is InChI=1S/C24H19FN2O3/c1-15(17-7-10-19(25)11-8-17)26-22(28)18-9-12-20-21(13-18)24(30)27(23(20)29)14-16-5-3-2-4-6-16/h2-13,15H,14H2,1H3,(H,26,28)/t15-/m0/s1. The Morgan fingerprint density at radius 1 is 0.933 bits per heavy atom. The molecule has 0 aromatic heterocycles. The Morgan fingerprint density at radius 2 is 1.60 bits per heavy atom. The summed E-state index contributed by atoms with van der Waals surface area (Å²) in [6.45, 7) is 1.96. The van der Waals surface area contributed by atoms with Crippen molar-refractivity contribution in [1.29, 1.82) is 0 Å². The number of halogens is 1. The third-order valence-corrected chi connectivity index (χ3v) is 5.13.